The van der Waals surface area contributed by atoms with Crippen LogP contribution in [0.4, 0.5) is 4.79 Å². The number of ether oxygens (including phenoxy) is 1. The second-order valence-electron chi connectivity index (χ2n) is 4.37. The first-order valence-electron chi connectivity index (χ1n) is 5.33. The zero-order chi connectivity index (χ0) is 12.0. The lowest BCUT2D eigenvalue weighted by Gasteiger charge is -2.11. The molecule has 6 nitrogen and oxygen atoms in total. The largest absolute Gasteiger partial charge is 0.480 e. The molecule has 1 saturated carbocycles. The van der Waals surface area contributed by atoms with E-state index in [1.165, 1.54) is 0 Å². The first-order valence-corrected chi connectivity index (χ1v) is 5.33. The van der Waals surface area contributed by atoms with Gasteiger partial charge in [0.05, 0.1) is 6.61 Å². The van der Waals surface area contributed by atoms with Gasteiger partial charge in [-0.25, -0.2) is 9.59 Å². The van der Waals surface area contributed by atoms with E-state index in [0.717, 1.165) is 12.8 Å². The third-order valence-corrected chi connectivity index (χ3v) is 2.54. The van der Waals surface area contributed by atoms with Gasteiger partial charge in [0.2, 0.25) is 0 Å². The number of rotatable bonds is 7. The highest BCUT2D eigenvalue weighted by molar-refractivity contribution is 5.73. The van der Waals surface area contributed by atoms with E-state index in [-0.39, 0.29) is 24.7 Å². The van der Waals surface area contributed by atoms with Crippen molar-refractivity contribution >= 4 is 12.0 Å². The number of hydrogen-bond acceptors (Lipinski definition) is 3. The van der Waals surface area contributed by atoms with Gasteiger partial charge in [-0.15, -0.1) is 0 Å². The van der Waals surface area contributed by atoms with Gasteiger partial charge in [-0.3, -0.25) is 0 Å². The van der Waals surface area contributed by atoms with Crippen LogP contribution >= 0.6 is 0 Å². The van der Waals surface area contributed by atoms with Crippen molar-refractivity contribution in [2.45, 2.75) is 19.8 Å². The average molecular weight is 230 g/mol. The van der Waals surface area contributed by atoms with Crippen LogP contribution in [0.3, 0.4) is 0 Å². The summed E-state index contributed by atoms with van der Waals surface area (Å²) in [6, 6.07) is -0.230. The fourth-order valence-corrected chi connectivity index (χ4v) is 1.14. The van der Waals surface area contributed by atoms with Gasteiger partial charge in [-0.1, -0.05) is 6.92 Å². The molecule has 2 amide bonds. The van der Waals surface area contributed by atoms with Gasteiger partial charge < -0.3 is 20.5 Å². The SMILES string of the molecule is CC1(CNC(=O)NCCOCC(=O)O)CC1. The van der Waals surface area contributed by atoms with Crippen LogP contribution in [0, 0.1) is 5.41 Å². The van der Waals surface area contributed by atoms with E-state index in [0.29, 0.717) is 13.1 Å². The molecule has 16 heavy (non-hydrogen) atoms. The molecular weight excluding hydrogens is 212 g/mol. The number of amides is 2. The van der Waals surface area contributed by atoms with Gasteiger partial charge >= 0.3 is 12.0 Å². The molecule has 1 fully saturated rings. The molecule has 92 valence electrons. The number of nitrogens with one attached hydrogen (secondary N) is 2. The fraction of sp³-hybridized carbons (Fsp3) is 0.800. The minimum Gasteiger partial charge on any atom is -0.480 e. The third-order valence-electron chi connectivity index (χ3n) is 2.54. The van der Waals surface area contributed by atoms with Gasteiger partial charge in [-0.2, -0.15) is 0 Å². The van der Waals surface area contributed by atoms with E-state index < -0.39 is 5.97 Å². The average Bonchev–Trinajstić information content (AvgIpc) is 2.93. The number of aliphatic carboxylic acids is 1. The van der Waals surface area contributed by atoms with E-state index in [1.807, 2.05) is 0 Å². The van der Waals surface area contributed by atoms with Crippen LogP contribution in [0.1, 0.15) is 19.8 Å². The summed E-state index contributed by atoms with van der Waals surface area (Å²) in [4.78, 5) is 21.3. The Morgan fingerprint density at radius 3 is 2.62 bits per heavy atom. The Bertz CT molecular complexity index is 264. The van der Waals surface area contributed by atoms with Crippen LogP contribution in [0.2, 0.25) is 0 Å². The Kier molecular flexibility index (Phi) is 4.54. The molecule has 0 aromatic heterocycles. The predicted octanol–water partition coefficient (Wildman–Crippen LogP) is 0.187. The van der Waals surface area contributed by atoms with Crippen molar-refractivity contribution in [3.05, 3.63) is 0 Å². The molecule has 0 bridgehead atoms. The molecule has 0 radical (unpaired) electrons. The molecule has 1 rings (SSSR count). The molecule has 0 spiro atoms. The van der Waals surface area contributed by atoms with Gasteiger partial charge in [0, 0.05) is 13.1 Å². The molecule has 0 aliphatic heterocycles. The van der Waals surface area contributed by atoms with E-state index in [9.17, 15) is 9.59 Å². The van der Waals surface area contributed by atoms with E-state index in [1.54, 1.807) is 0 Å². The lowest BCUT2D eigenvalue weighted by Crippen LogP contribution is -2.39. The van der Waals surface area contributed by atoms with E-state index >= 15 is 0 Å². The molecule has 0 unspecified atom stereocenters. The van der Waals surface area contributed by atoms with Crippen LogP contribution in [0.5, 0.6) is 0 Å². The number of urea groups is 1. The molecule has 6 heteroatoms. The van der Waals surface area contributed by atoms with Crippen LogP contribution in [0.25, 0.3) is 0 Å². The topological polar surface area (TPSA) is 87.7 Å². The van der Waals surface area contributed by atoms with Gasteiger partial charge in [0.1, 0.15) is 6.61 Å². The summed E-state index contributed by atoms with van der Waals surface area (Å²) in [5.74, 6) is -1.01. The van der Waals surface area contributed by atoms with Crippen LogP contribution < -0.4 is 10.6 Å². The van der Waals surface area contributed by atoms with Crippen molar-refractivity contribution < 1.29 is 19.4 Å². The Labute approximate surface area is 94.3 Å². The first kappa shape index (κ1) is 12.8. The minimum atomic E-state index is -1.01. The summed E-state index contributed by atoms with van der Waals surface area (Å²) in [5, 5.41) is 13.6. The smallest absolute Gasteiger partial charge is 0.329 e. The number of carbonyl (C=O) groups is 2. The van der Waals surface area contributed by atoms with Crippen molar-refractivity contribution in [2.24, 2.45) is 5.41 Å². The van der Waals surface area contributed by atoms with E-state index in [4.69, 9.17) is 9.84 Å². The third kappa shape index (κ3) is 5.55. The standard InChI is InChI=1S/C10H18N2O4/c1-10(2-3-10)7-12-9(15)11-4-5-16-6-8(13)14/h2-7H2,1H3,(H,13,14)(H2,11,12,15). The maximum Gasteiger partial charge on any atom is 0.329 e. The molecule has 1 aliphatic rings. The Balaban J connectivity index is 1.92. The molecule has 0 atom stereocenters. The normalized spacial score (nSPS) is 16.6. The van der Waals surface area contributed by atoms with Crippen molar-refractivity contribution in [2.75, 3.05) is 26.3 Å². The zero-order valence-electron chi connectivity index (χ0n) is 9.41. The lowest BCUT2D eigenvalue weighted by atomic mass is 10.1. The molecular formula is C10H18N2O4. The second kappa shape index (κ2) is 5.69. The maximum atomic E-state index is 11.2. The molecule has 0 heterocycles. The van der Waals surface area contributed by atoms with Crippen molar-refractivity contribution in [3.63, 3.8) is 0 Å². The summed E-state index contributed by atoms with van der Waals surface area (Å²) in [5.41, 5.74) is 0.289. The van der Waals surface area contributed by atoms with E-state index in [2.05, 4.69) is 17.6 Å². The minimum absolute atomic E-state index is 0.205. The van der Waals surface area contributed by atoms with Crippen molar-refractivity contribution in [3.8, 4) is 0 Å². The molecule has 3 N–H and O–H groups in total. The van der Waals surface area contributed by atoms with Crippen LogP contribution in [-0.2, 0) is 9.53 Å². The molecule has 0 saturated heterocycles. The second-order valence-corrected chi connectivity index (χ2v) is 4.37. The predicted molar refractivity (Wildman–Crippen MR) is 57.2 cm³/mol. The summed E-state index contributed by atoms with van der Waals surface area (Å²) in [6.45, 7) is 3.01. The number of hydrogen-bond donors (Lipinski definition) is 3. The maximum absolute atomic E-state index is 11.2. The van der Waals surface area contributed by atoms with Gasteiger partial charge in [0.15, 0.2) is 0 Å². The zero-order valence-corrected chi connectivity index (χ0v) is 9.41. The Morgan fingerprint density at radius 2 is 2.06 bits per heavy atom. The van der Waals surface area contributed by atoms with Gasteiger partial charge in [-0.05, 0) is 18.3 Å². The molecule has 1 aliphatic carbocycles. The summed E-state index contributed by atoms with van der Waals surface area (Å²) in [6.07, 6.45) is 2.32. The number of carbonyl (C=O) groups excluding carboxylic acids is 1. The quantitative estimate of drug-likeness (QED) is 0.545. The number of carboxylic acids is 1. The Hall–Kier alpha value is -1.30. The monoisotopic (exact) mass is 230 g/mol. The Morgan fingerprint density at radius 1 is 1.38 bits per heavy atom. The molecule has 0 aromatic rings. The van der Waals surface area contributed by atoms with Crippen molar-refractivity contribution in [1.82, 2.24) is 10.6 Å². The summed E-state index contributed by atoms with van der Waals surface area (Å²) < 4.78 is 4.76. The summed E-state index contributed by atoms with van der Waals surface area (Å²) >= 11 is 0. The number of carboxylic acid groups (broad SMARTS) is 1. The highest BCUT2D eigenvalue weighted by Gasteiger charge is 2.37. The molecule has 0 aromatic carbocycles. The highest BCUT2D eigenvalue weighted by Crippen LogP contribution is 2.43. The van der Waals surface area contributed by atoms with Crippen LogP contribution in [0.15, 0.2) is 0 Å². The first-order chi connectivity index (χ1) is 7.52. The summed E-state index contributed by atoms with van der Waals surface area (Å²) in [7, 11) is 0. The van der Waals surface area contributed by atoms with Crippen molar-refractivity contribution in [1.29, 1.82) is 0 Å². The fourth-order valence-electron chi connectivity index (χ4n) is 1.14. The highest BCUT2D eigenvalue weighted by atomic mass is 16.5. The van der Waals surface area contributed by atoms with Gasteiger partial charge in [0.25, 0.3) is 0 Å². The van der Waals surface area contributed by atoms with Crippen LogP contribution in [-0.4, -0.2) is 43.4 Å². The lowest BCUT2D eigenvalue weighted by molar-refractivity contribution is -0.142.